The zero-order chi connectivity index (χ0) is 17.5. The summed E-state index contributed by atoms with van der Waals surface area (Å²) in [4.78, 5) is 5.18. The zero-order valence-electron chi connectivity index (χ0n) is 15.6. The van der Waals surface area contributed by atoms with Gasteiger partial charge in [0.1, 0.15) is 0 Å². The Morgan fingerprint density at radius 1 is 0.840 bits per heavy atom. The van der Waals surface area contributed by atoms with Gasteiger partial charge in [-0.25, -0.2) is 0 Å². The van der Waals surface area contributed by atoms with E-state index in [1.165, 1.54) is 42.9 Å². The Kier molecular flexibility index (Phi) is 6.43. The number of piperazine rings is 1. The third-order valence-corrected chi connectivity index (χ3v) is 5.10. The molecule has 1 aliphatic heterocycles. The molecule has 2 aromatic rings. The molecule has 2 aromatic carbocycles. The van der Waals surface area contributed by atoms with Crippen LogP contribution in [0.2, 0.25) is 0 Å². The maximum absolute atomic E-state index is 2.60. The van der Waals surface area contributed by atoms with Gasteiger partial charge in [-0.2, -0.15) is 0 Å². The van der Waals surface area contributed by atoms with Gasteiger partial charge in [0.25, 0.3) is 0 Å². The molecule has 1 heterocycles. The van der Waals surface area contributed by atoms with E-state index in [0.29, 0.717) is 6.04 Å². The molecule has 1 aliphatic rings. The van der Waals surface area contributed by atoms with Crippen LogP contribution in [0.4, 0.5) is 0 Å². The smallest absolute Gasteiger partial charge is 0.0113 e. The quantitative estimate of drug-likeness (QED) is 0.765. The molecule has 2 nitrogen and oxygen atoms in total. The predicted molar refractivity (Wildman–Crippen MR) is 108 cm³/mol. The summed E-state index contributed by atoms with van der Waals surface area (Å²) in [5, 5.41) is 0. The SMILES string of the molecule is CC(C)N1CCN(CCC=C(c2ccccc2)c2ccccc2)CC1. The highest BCUT2D eigenvalue weighted by molar-refractivity contribution is 5.79. The van der Waals surface area contributed by atoms with Crippen LogP contribution in [0.3, 0.4) is 0 Å². The Bertz CT molecular complexity index is 612. The van der Waals surface area contributed by atoms with Crippen molar-refractivity contribution >= 4 is 5.57 Å². The lowest BCUT2D eigenvalue weighted by Crippen LogP contribution is -2.48. The van der Waals surface area contributed by atoms with Crippen molar-refractivity contribution in [3.05, 3.63) is 77.9 Å². The number of benzene rings is 2. The van der Waals surface area contributed by atoms with Crippen molar-refractivity contribution in [3.63, 3.8) is 0 Å². The van der Waals surface area contributed by atoms with Crippen LogP contribution in [0.1, 0.15) is 31.4 Å². The second kappa shape index (κ2) is 8.98. The first-order chi connectivity index (χ1) is 12.2. The van der Waals surface area contributed by atoms with Crippen LogP contribution in [-0.4, -0.2) is 48.6 Å². The lowest BCUT2D eigenvalue weighted by atomic mass is 9.97. The average molecular weight is 335 g/mol. The molecule has 0 N–H and O–H groups in total. The lowest BCUT2D eigenvalue weighted by Gasteiger charge is -2.36. The van der Waals surface area contributed by atoms with E-state index in [-0.39, 0.29) is 0 Å². The largest absolute Gasteiger partial charge is 0.300 e. The van der Waals surface area contributed by atoms with Crippen LogP contribution in [0.25, 0.3) is 5.57 Å². The van der Waals surface area contributed by atoms with Crippen LogP contribution in [0, 0.1) is 0 Å². The molecule has 0 spiro atoms. The number of rotatable bonds is 6. The molecule has 0 atom stereocenters. The van der Waals surface area contributed by atoms with E-state index in [9.17, 15) is 0 Å². The Morgan fingerprint density at radius 2 is 1.36 bits per heavy atom. The van der Waals surface area contributed by atoms with E-state index in [0.717, 1.165) is 13.0 Å². The van der Waals surface area contributed by atoms with Gasteiger partial charge < -0.3 is 4.90 Å². The summed E-state index contributed by atoms with van der Waals surface area (Å²) in [6.45, 7) is 10.5. The Balaban J connectivity index is 1.64. The molecule has 1 fully saturated rings. The lowest BCUT2D eigenvalue weighted by molar-refractivity contribution is 0.110. The molecule has 0 radical (unpaired) electrons. The number of nitrogens with zero attached hydrogens (tertiary/aromatic N) is 2. The van der Waals surface area contributed by atoms with Crippen molar-refractivity contribution in [2.24, 2.45) is 0 Å². The third-order valence-electron chi connectivity index (χ3n) is 5.10. The van der Waals surface area contributed by atoms with Gasteiger partial charge in [0, 0.05) is 38.8 Å². The topological polar surface area (TPSA) is 6.48 Å². The summed E-state index contributed by atoms with van der Waals surface area (Å²) in [7, 11) is 0. The van der Waals surface area contributed by atoms with Crippen LogP contribution in [0.15, 0.2) is 66.7 Å². The highest BCUT2D eigenvalue weighted by atomic mass is 15.3. The van der Waals surface area contributed by atoms with Crippen molar-refractivity contribution in [1.82, 2.24) is 9.80 Å². The standard InChI is InChI=1S/C23H30N2/c1-20(2)25-18-16-24(17-19-25)15-9-14-23(21-10-5-3-6-11-21)22-12-7-4-8-13-22/h3-8,10-14,20H,9,15-19H2,1-2H3. The maximum Gasteiger partial charge on any atom is 0.0113 e. The Morgan fingerprint density at radius 3 is 1.84 bits per heavy atom. The molecule has 3 rings (SSSR count). The van der Waals surface area contributed by atoms with Gasteiger partial charge in [-0.3, -0.25) is 4.90 Å². The summed E-state index contributed by atoms with van der Waals surface area (Å²) < 4.78 is 0. The molecule has 0 amide bonds. The third kappa shape index (κ3) is 5.04. The van der Waals surface area contributed by atoms with Crippen LogP contribution >= 0.6 is 0 Å². The minimum atomic E-state index is 0.671. The van der Waals surface area contributed by atoms with E-state index in [1.807, 2.05) is 0 Å². The normalized spacial score (nSPS) is 16.1. The first kappa shape index (κ1) is 17.9. The molecule has 0 bridgehead atoms. The van der Waals surface area contributed by atoms with Gasteiger partial charge >= 0.3 is 0 Å². The minimum absolute atomic E-state index is 0.671. The fraction of sp³-hybridized carbons (Fsp3) is 0.391. The Labute approximate surface area is 152 Å². The summed E-state index contributed by atoms with van der Waals surface area (Å²) in [6, 6.07) is 22.2. The molecule has 0 unspecified atom stereocenters. The van der Waals surface area contributed by atoms with Crippen molar-refractivity contribution in [2.75, 3.05) is 32.7 Å². The molecule has 132 valence electrons. The number of hydrogen-bond acceptors (Lipinski definition) is 2. The summed E-state index contributed by atoms with van der Waals surface area (Å²) in [6.07, 6.45) is 3.51. The maximum atomic E-state index is 2.60. The van der Waals surface area contributed by atoms with E-state index >= 15 is 0 Å². The summed E-state index contributed by atoms with van der Waals surface area (Å²) in [5.41, 5.74) is 3.96. The molecule has 25 heavy (non-hydrogen) atoms. The first-order valence-corrected chi connectivity index (χ1v) is 9.51. The van der Waals surface area contributed by atoms with Gasteiger partial charge in [0.05, 0.1) is 0 Å². The monoisotopic (exact) mass is 334 g/mol. The van der Waals surface area contributed by atoms with E-state index < -0.39 is 0 Å². The molecule has 0 aliphatic carbocycles. The van der Waals surface area contributed by atoms with Gasteiger partial charge in [0.2, 0.25) is 0 Å². The second-order valence-electron chi connectivity index (χ2n) is 7.11. The average Bonchev–Trinajstić information content (AvgIpc) is 2.67. The number of hydrogen-bond donors (Lipinski definition) is 0. The molecular formula is C23H30N2. The minimum Gasteiger partial charge on any atom is -0.300 e. The zero-order valence-corrected chi connectivity index (χ0v) is 15.6. The van der Waals surface area contributed by atoms with Crippen molar-refractivity contribution in [1.29, 1.82) is 0 Å². The van der Waals surface area contributed by atoms with Crippen LogP contribution < -0.4 is 0 Å². The first-order valence-electron chi connectivity index (χ1n) is 9.51. The summed E-state index contributed by atoms with van der Waals surface area (Å²) >= 11 is 0. The molecule has 0 aromatic heterocycles. The van der Waals surface area contributed by atoms with Gasteiger partial charge in [-0.1, -0.05) is 66.7 Å². The van der Waals surface area contributed by atoms with Crippen molar-refractivity contribution < 1.29 is 0 Å². The second-order valence-corrected chi connectivity index (χ2v) is 7.11. The highest BCUT2D eigenvalue weighted by Gasteiger charge is 2.17. The van der Waals surface area contributed by atoms with E-state index in [1.54, 1.807) is 0 Å². The van der Waals surface area contributed by atoms with Gasteiger partial charge in [-0.05, 0) is 37.0 Å². The Hall–Kier alpha value is -1.90. The molecule has 2 heteroatoms. The van der Waals surface area contributed by atoms with Crippen LogP contribution in [-0.2, 0) is 0 Å². The molecular weight excluding hydrogens is 304 g/mol. The van der Waals surface area contributed by atoms with Crippen molar-refractivity contribution in [3.8, 4) is 0 Å². The fourth-order valence-electron chi connectivity index (χ4n) is 3.53. The van der Waals surface area contributed by atoms with E-state index in [2.05, 4.69) is 90.4 Å². The molecule has 1 saturated heterocycles. The van der Waals surface area contributed by atoms with Crippen LogP contribution in [0.5, 0.6) is 0 Å². The highest BCUT2D eigenvalue weighted by Crippen LogP contribution is 2.23. The van der Waals surface area contributed by atoms with Crippen molar-refractivity contribution in [2.45, 2.75) is 26.3 Å². The summed E-state index contributed by atoms with van der Waals surface area (Å²) in [5.74, 6) is 0. The van der Waals surface area contributed by atoms with Gasteiger partial charge in [-0.15, -0.1) is 0 Å². The fourth-order valence-corrected chi connectivity index (χ4v) is 3.53. The van der Waals surface area contributed by atoms with Gasteiger partial charge in [0.15, 0.2) is 0 Å². The predicted octanol–water partition coefficient (Wildman–Crippen LogP) is 4.53. The van der Waals surface area contributed by atoms with E-state index in [4.69, 9.17) is 0 Å². The molecule has 0 saturated carbocycles.